The first kappa shape index (κ1) is 18.8. The van der Waals surface area contributed by atoms with E-state index in [2.05, 4.69) is 21.5 Å². The van der Waals surface area contributed by atoms with Gasteiger partial charge < -0.3 is 9.64 Å². The molecule has 1 heterocycles. The Labute approximate surface area is 147 Å². The summed E-state index contributed by atoms with van der Waals surface area (Å²) in [6.07, 6.45) is 5.01. The SMILES string of the molecule is C=C/C(F)=C\C(=NC)c1nc2c(c(N(C)CC(=O)OCC)n1)CCC2. The monoisotopic (exact) mass is 346 g/mol. The summed E-state index contributed by atoms with van der Waals surface area (Å²) in [6, 6.07) is 0. The van der Waals surface area contributed by atoms with Crippen LogP contribution in [0.2, 0.25) is 0 Å². The minimum atomic E-state index is -0.508. The summed E-state index contributed by atoms with van der Waals surface area (Å²) in [5, 5.41) is 0. The molecule has 1 aliphatic rings. The molecule has 134 valence electrons. The number of carbonyl (C=O) groups is 1. The van der Waals surface area contributed by atoms with Crippen LogP contribution in [0.3, 0.4) is 0 Å². The predicted octanol–water partition coefficient (Wildman–Crippen LogP) is 2.42. The molecular formula is C18H23FN4O2. The predicted molar refractivity (Wildman–Crippen MR) is 95.8 cm³/mol. The average molecular weight is 346 g/mol. The molecule has 7 heteroatoms. The van der Waals surface area contributed by atoms with Crippen molar-refractivity contribution in [2.45, 2.75) is 26.2 Å². The summed E-state index contributed by atoms with van der Waals surface area (Å²) in [4.78, 5) is 26.7. The van der Waals surface area contributed by atoms with E-state index in [1.165, 1.54) is 6.08 Å². The molecule has 0 saturated carbocycles. The Morgan fingerprint density at radius 1 is 1.44 bits per heavy atom. The normalized spacial score (nSPS) is 14.2. The van der Waals surface area contributed by atoms with E-state index in [-0.39, 0.29) is 12.5 Å². The second kappa shape index (κ2) is 8.50. The molecule has 0 bridgehead atoms. The van der Waals surface area contributed by atoms with Crippen LogP contribution in [0, 0.1) is 0 Å². The smallest absolute Gasteiger partial charge is 0.325 e. The lowest BCUT2D eigenvalue weighted by Crippen LogP contribution is -2.29. The van der Waals surface area contributed by atoms with Crippen LogP contribution in [0.15, 0.2) is 29.6 Å². The molecule has 0 unspecified atom stereocenters. The van der Waals surface area contributed by atoms with Gasteiger partial charge in [0, 0.05) is 31.4 Å². The summed E-state index contributed by atoms with van der Waals surface area (Å²) in [5.41, 5.74) is 2.28. The van der Waals surface area contributed by atoms with Gasteiger partial charge in [0.1, 0.15) is 23.9 Å². The number of anilines is 1. The molecule has 6 nitrogen and oxygen atoms in total. The van der Waals surface area contributed by atoms with Crippen LogP contribution in [0.1, 0.15) is 30.4 Å². The number of halogens is 1. The number of hydrogen-bond donors (Lipinski definition) is 0. The van der Waals surface area contributed by atoms with Gasteiger partial charge in [-0.05, 0) is 32.3 Å². The molecule has 0 atom stereocenters. The summed E-state index contributed by atoms with van der Waals surface area (Å²) in [7, 11) is 3.34. The molecule has 0 amide bonds. The van der Waals surface area contributed by atoms with Crippen LogP contribution in [-0.4, -0.2) is 48.9 Å². The van der Waals surface area contributed by atoms with Crippen molar-refractivity contribution in [3.63, 3.8) is 0 Å². The Balaban J connectivity index is 2.42. The number of hydrogen-bond acceptors (Lipinski definition) is 6. The number of aliphatic imine (C=N–C) groups is 1. The Morgan fingerprint density at radius 3 is 2.84 bits per heavy atom. The van der Waals surface area contributed by atoms with Crippen molar-refractivity contribution >= 4 is 17.5 Å². The highest BCUT2D eigenvalue weighted by molar-refractivity contribution is 6.06. The van der Waals surface area contributed by atoms with E-state index in [1.807, 2.05) is 0 Å². The van der Waals surface area contributed by atoms with E-state index in [0.717, 1.165) is 36.6 Å². The summed E-state index contributed by atoms with van der Waals surface area (Å²) >= 11 is 0. The molecule has 0 aliphatic heterocycles. The fourth-order valence-electron chi connectivity index (χ4n) is 2.74. The third-order valence-corrected chi connectivity index (χ3v) is 3.88. The van der Waals surface area contributed by atoms with E-state index in [9.17, 15) is 9.18 Å². The molecular weight excluding hydrogens is 323 g/mol. The van der Waals surface area contributed by atoms with Gasteiger partial charge >= 0.3 is 5.97 Å². The molecule has 1 aromatic rings. The Hall–Kier alpha value is -2.57. The lowest BCUT2D eigenvalue weighted by Gasteiger charge is -2.20. The lowest BCUT2D eigenvalue weighted by atomic mass is 10.2. The zero-order chi connectivity index (χ0) is 18.4. The zero-order valence-corrected chi connectivity index (χ0v) is 14.9. The molecule has 25 heavy (non-hydrogen) atoms. The molecule has 1 aromatic heterocycles. The molecule has 0 fully saturated rings. The first-order valence-corrected chi connectivity index (χ1v) is 8.23. The van der Waals surface area contributed by atoms with Crippen LogP contribution in [0.5, 0.6) is 0 Å². The topological polar surface area (TPSA) is 67.7 Å². The van der Waals surface area contributed by atoms with Crippen LogP contribution >= 0.6 is 0 Å². The number of esters is 1. The van der Waals surface area contributed by atoms with Crippen molar-refractivity contribution in [3.8, 4) is 0 Å². The van der Waals surface area contributed by atoms with Gasteiger partial charge in [0.25, 0.3) is 0 Å². The van der Waals surface area contributed by atoms with Gasteiger partial charge in [-0.3, -0.25) is 9.79 Å². The molecule has 0 N–H and O–H groups in total. The molecule has 0 radical (unpaired) electrons. The number of nitrogens with zero attached hydrogens (tertiary/aromatic N) is 4. The Kier molecular flexibility index (Phi) is 6.38. The maximum atomic E-state index is 13.6. The number of rotatable bonds is 7. The van der Waals surface area contributed by atoms with Crippen molar-refractivity contribution in [2.75, 3.05) is 32.1 Å². The van der Waals surface area contributed by atoms with Gasteiger partial charge in [-0.15, -0.1) is 0 Å². The number of ether oxygens (including phenoxy) is 1. The average Bonchev–Trinajstić information content (AvgIpc) is 3.07. The van der Waals surface area contributed by atoms with Crippen LogP contribution in [-0.2, 0) is 22.4 Å². The quantitative estimate of drug-likeness (QED) is 0.431. The number of fused-ring (bicyclic) bond motifs is 1. The van der Waals surface area contributed by atoms with Crippen LogP contribution < -0.4 is 4.90 Å². The van der Waals surface area contributed by atoms with Crippen LogP contribution in [0.25, 0.3) is 0 Å². The van der Waals surface area contributed by atoms with Crippen molar-refractivity contribution in [1.29, 1.82) is 0 Å². The standard InChI is InChI=1S/C18H23FN4O2/c1-5-12(19)10-15(20-3)17-21-14-9-7-8-13(14)18(22-17)23(4)11-16(24)25-6-2/h5,10H,1,6-9,11H2,2-4H3/b12-10+,20-15?. The van der Waals surface area contributed by atoms with Crippen molar-refractivity contribution < 1.29 is 13.9 Å². The van der Waals surface area contributed by atoms with Gasteiger partial charge in [-0.2, -0.15) is 0 Å². The third-order valence-electron chi connectivity index (χ3n) is 3.88. The molecule has 1 aliphatic carbocycles. The molecule has 2 rings (SSSR count). The third kappa shape index (κ3) is 4.49. The highest BCUT2D eigenvalue weighted by atomic mass is 19.1. The highest BCUT2D eigenvalue weighted by Crippen LogP contribution is 2.28. The number of aryl methyl sites for hydroxylation is 1. The first-order valence-electron chi connectivity index (χ1n) is 8.23. The van der Waals surface area contributed by atoms with E-state index < -0.39 is 5.83 Å². The van der Waals surface area contributed by atoms with E-state index in [0.29, 0.717) is 24.0 Å². The second-order valence-corrected chi connectivity index (χ2v) is 5.65. The van der Waals surface area contributed by atoms with E-state index in [1.54, 1.807) is 25.9 Å². The number of likely N-dealkylation sites (N-methyl/N-ethyl adjacent to an activating group) is 1. The van der Waals surface area contributed by atoms with Gasteiger partial charge in [-0.1, -0.05) is 6.58 Å². The summed E-state index contributed by atoms with van der Waals surface area (Å²) in [6.45, 7) is 5.58. The Morgan fingerprint density at radius 2 is 2.20 bits per heavy atom. The fourth-order valence-corrected chi connectivity index (χ4v) is 2.74. The number of carbonyl (C=O) groups excluding carboxylic acids is 1. The van der Waals surface area contributed by atoms with Crippen molar-refractivity contribution in [1.82, 2.24) is 9.97 Å². The number of aromatic nitrogens is 2. The number of allylic oxidation sites excluding steroid dienone is 3. The van der Waals surface area contributed by atoms with E-state index in [4.69, 9.17) is 4.74 Å². The second-order valence-electron chi connectivity index (χ2n) is 5.65. The summed E-state index contributed by atoms with van der Waals surface area (Å²) < 4.78 is 18.6. The largest absolute Gasteiger partial charge is 0.465 e. The van der Waals surface area contributed by atoms with Gasteiger partial charge in [0.2, 0.25) is 0 Å². The van der Waals surface area contributed by atoms with Crippen molar-refractivity contribution in [3.05, 3.63) is 41.6 Å². The minimum absolute atomic E-state index is 0.0895. The van der Waals surface area contributed by atoms with Crippen LogP contribution in [0.4, 0.5) is 10.2 Å². The summed E-state index contributed by atoms with van der Waals surface area (Å²) in [5.74, 6) is 0.176. The first-order chi connectivity index (χ1) is 12.0. The maximum absolute atomic E-state index is 13.6. The Bertz CT molecular complexity index is 728. The zero-order valence-electron chi connectivity index (χ0n) is 14.9. The lowest BCUT2D eigenvalue weighted by molar-refractivity contribution is -0.141. The maximum Gasteiger partial charge on any atom is 0.325 e. The van der Waals surface area contributed by atoms with Crippen molar-refractivity contribution in [2.24, 2.45) is 4.99 Å². The van der Waals surface area contributed by atoms with Gasteiger partial charge in [-0.25, -0.2) is 14.4 Å². The van der Waals surface area contributed by atoms with E-state index >= 15 is 0 Å². The fraction of sp³-hybridized carbons (Fsp3) is 0.444. The highest BCUT2D eigenvalue weighted by Gasteiger charge is 2.23. The van der Waals surface area contributed by atoms with Gasteiger partial charge in [0.15, 0.2) is 5.82 Å². The minimum Gasteiger partial charge on any atom is -0.465 e. The molecule has 0 spiro atoms. The van der Waals surface area contributed by atoms with Gasteiger partial charge in [0.05, 0.1) is 6.61 Å². The molecule has 0 saturated heterocycles. The molecule has 0 aromatic carbocycles.